The molecule has 1 aromatic rings. The van der Waals surface area contributed by atoms with E-state index in [4.69, 9.17) is 5.73 Å². The summed E-state index contributed by atoms with van der Waals surface area (Å²) in [6.45, 7) is 10.8. The van der Waals surface area contributed by atoms with Gasteiger partial charge in [0.1, 0.15) is 0 Å². The average Bonchev–Trinajstić information content (AvgIpc) is 2.37. The third kappa shape index (κ3) is 5.74. The van der Waals surface area contributed by atoms with Gasteiger partial charge in [0, 0.05) is 19.6 Å². The largest absolute Gasteiger partial charge is 0.342 e. The summed E-state index contributed by atoms with van der Waals surface area (Å²) in [5.41, 5.74) is 7.74. The molecule has 0 bridgehead atoms. The van der Waals surface area contributed by atoms with Gasteiger partial charge >= 0.3 is 0 Å². The Morgan fingerprint density at radius 1 is 1.00 bits per heavy atom. The summed E-state index contributed by atoms with van der Waals surface area (Å²) >= 11 is 0. The standard InChI is InChI=1S/C17H28N2O/c1-13(2)11-19(12-14(3)4)17(20)9-15-5-7-16(10-18)8-6-15/h5-8,13-14H,9-12,18H2,1-4H3. The monoisotopic (exact) mass is 276 g/mol. The summed E-state index contributed by atoms with van der Waals surface area (Å²) in [5, 5.41) is 0. The minimum Gasteiger partial charge on any atom is -0.342 e. The molecule has 3 heteroatoms. The molecule has 20 heavy (non-hydrogen) atoms. The molecule has 0 atom stereocenters. The maximum atomic E-state index is 12.4. The molecule has 0 fully saturated rings. The number of amides is 1. The van der Waals surface area contributed by atoms with E-state index in [9.17, 15) is 4.79 Å². The first kappa shape index (κ1) is 16.7. The van der Waals surface area contributed by atoms with Crippen molar-refractivity contribution in [2.45, 2.75) is 40.7 Å². The Morgan fingerprint density at radius 3 is 1.85 bits per heavy atom. The minimum atomic E-state index is 0.216. The molecule has 0 spiro atoms. The van der Waals surface area contributed by atoms with Crippen LogP contribution in [0.4, 0.5) is 0 Å². The van der Waals surface area contributed by atoms with Gasteiger partial charge in [0.15, 0.2) is 0 Å². The van der Waals surface area contributed by atoms with Gasteiger partial charge in [0.25, 0.3) is 0 Å². The Balaban J connectivity index is 2.68. The topological polar surface area (TPSA) is 46.3 Å². The van der Waals surface area contributed by atoms with Gasteiger partial charge in [-0.2, -0.15) is 0 Å². The molecule has 0 aliphatic rings. The zero-order valence-electron chi connectivity index (χ0n) is 13.2. The molecule has 0 unspecified atom stereocenters. The van der Waals surface area contributed by atoms with Crippen LogP contribution >= 0.6 is 0 Å². The van der Waals surface area contributed by atoms with E-state index in [1.165, 1.54) is 0 Å². The molecule has 3 nitrogen and oxygen atoms in total. The van der Waals surface area contributed by atoms with E-state index in [1.807, 2.05) is 29.2 Å². The van der Waals surface area contributed by atoms with Crippen LogP contribution in [0.3, 0.4) is 0 Å². The predicted molar refractivity (Wildman–Crippen MR) is 84.3 cm³/mol. The van der Waals surface area contributed by atoms with Gasteiger partial charge in [0.2, 0.25) is 5.91 Å². The van der Waals surface area contributed by atoms with Crippen molar-refractivity contribution in [2.75, 3.05) is 13.1 Å². The molecule has 0 radical (unpaired) electrons. The van der Waals surface area contributed by atoms with Gasteiger partial charge in [-0.1, -0.05) is 52.0 Å². The van der Waals surface area contributed by atoms with Crippen molar-refractivity contribution in [1.29, 1.82) is 0 Å². The van der Waals surface area contributed by atoms with E-state index in [-0.39, 0.29) is 5.91 Å². The molecule has 112 valence electrons. The summed E-state index contributed by atoms with van der Waals surface area (Å²) in [5.74, 6) is 1.21. The fourth-order valence-corrected chi connectivity index (χ4v) is 2.24. The van der Waals surface area contributed by atoms with E-state index in [0.29, 0.717) is 24.8 Å². The minimum absolute atomic E-state index is 0.216. The quantitative estimate of drug-likeness (QED) is 0.832. The van der Waals surface area contributed by atoms with E-state index >= 15 is 0 Å². The Bertz CT molecular complexity index is 400. The average molecular weight is 276 g/mol. The van der Waals surface area contributed by atoms with Crippen LogP contribution in [0.1, 0.15) is 38.8 Å². The summed E-state index contributed by atoms with van der Waals surface area (Å²) < 4.78 is 0. The summed E-state index contributed by atoms with van der Waals surface area (Å²) in [6.07, 6.45) is 0.476. The Hall–Kier alpha value is -1.35. The highest BCUT2D eigenvalue weighted by Gasteiger charge is 2.16. The lowest BCUT2D eigenvalue weighted by Gasteiger charge is -2.26. The maximum absolute atomic E-state index is 12.4. The first-order chi connectivity index (χ1) is 9.42. The van der Waals surface area contributed by atoms with Crippen LogP contribution in [0.5, 0.6) is 0 Å². The van der Waals surface area contributed by atoms with E-state index in [1.54, 1.807) is 0 Å². The molecule has 0 heterocycles. The Kier molecular flexibility index (Phi) is 6.73. The molecular formula is C17H28N2O. The molecule has 0 saturated carbocycles. The number of nitrogens with zero attached hydrogens (tertiary/aromatic N) is 1. The second kappa shape index (κ2) is 8.05. The fourth-order valence-electron chi connectivity index (χ4n) is 2.24. The summed E-state index contributed by atoms with van der Waals surface area (Å²) in [4.78, 5) is 14.4. The SMILES string of the molecule is CC(C)CN(CC(C)C)C(=O)Cc1ccc(CN)cc1. The first-order valence-electron chi connectivity index (χ1n) is 7.48. The fraction of sp³-hybridized carbons (Fsp3) is 0.588. The molecule has 2 N–H and O–H groups in total. The van der Waals surface area contributed by atoms with Gasteiger partial charge in [-0.3, -0.25) is 4.79 Å². The second-order valence-corrected chi connectivity index (χ2v) is 6.28. The number of carbonyl (C=O) groups excluding carboxylic acids is 1. The molecule has 1 aromatic carbocycles. The Morgan fingerprint density at radius 2 is 1.45 bits per heavy atom. The van der Waals surface area contributed by atoms with Crippen LogP contribution in [0, 0.1) is 11.8 Å². The lowest BCUT2D eigenvalue weighted by atomic mass is 10.1. The number of carbonyl (C=O) groups is 1. The lowest BCUT2D eigenvalue weighted by molar-refractivity contribution is -0.131. The van der Waals surface area contributed by atoms with Crippen molar-refractivity contribution in [3.05, 3.63) is 35.4 Å². The highest BCUT2D eigenvalue weighted by Crippen LogP contribution is 2.10. The van der Waals surface area contributed by atoms with Gasteiger partial charge < -0.3 is 10.6 Å². The third-order valence-electron chi connectivity index (χ3n) is 3.14. The van der Waals surface area contributed by atoms with Crippen molar-refractivity contribution >= 4 is 5.91 Å². The zero-order chi connectivity index (χ0) is 15.1. The van der Waals surface area contributed by atoms with Crippen LogP contribution in [-0.2, 0) is 17.8 Å². The highest BCUT2D eigenvalue weighted by atomic mass is 16.2. The molecular weight excluding hydrogens is 248 g/mol. The summed E-state index contributed by atoms with van der Waals surface area (Å²) in [7, 11) is 0. The zero-order valence-corrected chi connectivity index (χ0v) is 13.2. The van der Waals surface area contributed by atoms with Crippen molar-refractivity contribution in [2.24, 2.45) is 17.6 Å². The van der Waals surface area contributed by atoms with Crippen LogP contribution in [0.15, 0.2) is 24.3 Å². The second-order valence-electron chi connectivity index (χ2n) is 6.28. The molecule has 1 amide bonds. The number of hydrogen-bond donors (Lipinski definition) is 1. The van der Waals surface area contributed by atoms with Crippen LogP contribution in [0.2, 0.25) is 0 Å². The normalized spacial score (nSPS) is 11.2. The molecule has 0 aliphatic heterocycles. The lowest BCUT2D eigenvalue weighted by Crippen LogP contribution is -2.37. The summed E-state index contributed by atoms with van der Waals surface area (Å²) in [6, 6.07) is 8.00. The van der Waals surface area contributed by atoms with Crippen LogP contribution in [0.25, 0.3) is 0 Å². The smallest absolute Gasteiger partial charge is 0.227 e. The number of nitrogens with two attached hydrogens (primary N) is 1. The van der Waals surface area contributed by atoms with Crippen LogP contribution < -0.4 is 5.73 Å². The molecule has 0 saturated heterocycles. The van der Waals surface area contributed by atoms with Gasteiger partial charge in [-0.25, -0.2) is 0 Å². The maximum Gasteiger partial charge on any atom is 0.227 e. The molecule has 1 rings (SSSR count). The van der Waals surface area contributed by atoms with E-state index in [2.05, 4.69) is 27.7 Å². The van der Waals surface area contributed by atoms with Crippen molar-refractivity contribution < 1.29 is 4.79 Å². The van der Waals surface area contributed by atoms with Gasteiger partial charge in [0.05, 0.1) is 6.42 Å². The number of benzene rings is 1. The third-order valence-corrected chi connectivity index (χ3v) is 3.14. The Labute approximate surface area is 123 Å². The van der Waals surface area contributed by atoms with Crippen molar-refractivity contribution in [3.8, 4) is 0 Å². The van der Waals surface area contributed by atoms with Crippen LogP contribution in [-0.4, -0.2) is 23.9 Å². The van der Waals surface area contributed by atoms with E-state index in [0.717, 1.165) is 24.2 Å². The number of rotatable bonds is 7. The van der Waals surface area contributed by atoms with Crippen molar-refractivity contribution in [1.82, 2.24) is 4.90 Å². The van der Waals surface area contributed by atoms with Crippen molar-refractivity contribution in [3.63, 3.8) is 0 Å². The predicted octanol–water partition coefficient (Wildman–Crippen LogP) is 2.83. The first-order valence-corrected chi connectivity index (χ1v) is 7.48. The van der Waals surface area contributed by atoms with E-state index < -0.39 is 0 Å². The molecule has 0 aliphatic carbocycles. The van der Waals surface area contributed by atoms with Gasteiger partial charge in [-0.05, 0) is 23.0 Å². The molecule has 0 aromatic heterocycles. The highest BCUT2D eigenvalue weighted by molar-refractivity contribution is 5.78. The number of hydrogen-bond acceptors (Lipinski definition) is 2. The van der Waals surface area contributed by atoms with Gasteiger partial charge in [-0.15, -0.1) is 0 Å².